The van der Waals surface area contributed by atoms with E-state index in [4.69, 9.17) is 5.73 Å². The van der Waals surface area contributed by atoms with E-state index in [0.717, 1.165) is 16.1 Å². The maximum atomic E-state index is 13.6. The van der Waals surface area contributed by atoms with Crippen LogP contribution in [0.3, 0.4) is 0 Å². The second kappa shape index (κ2) is 5.61. The highest BCUT2D eigenvalue weighted by Gasteiger charge is 2.21. The van der Waals surface area contributed by atoms with Crippen LogP contribution >= 0.6 is 15.9 Å². The molecule has 2 rings (SSSR count). The van der Waals surface area contributed by atoms with Gasteiger partial charge in [0.2, 0.25) is 0 Å². The highest BCUT2D eigenvalue weighted by Crippen LogP contribution is 2.25. The third kappa shape index (κ3) is 3.33. The monoisotopic (exact) mass is 376 g/mol. The molecule has 0 saturated heterocycles. The van der Waals surface area contributed by atoms with E-state index in [1.807, 2.05) is 0 Å². The topological polar surface area (TPSA) is 72.2 Å². The molecule has 112 valence electrons. The lowest BCUT2D eigenvalue weighted by Crippen LogP contribution is -2.15. The van der Waals surface area contributed by atoms with Crippen LogP contribution < -0.4 is 10.5 Å². The van der Waals surface area contributed by atoms with Crippen molar-refractivity contribution < 1.29 is 17.2 Å². The molecule has 0 aliphatic carbocycles. The summed E-state index contributed by atoms with van der Waals surface area (Å²) in [5.74, 6) is -2.21. The zero-order valence-corrected chi connectivity index (χ0v) is 13.2. The van der Waals surface area contributed by atoms with E-state index in [9.17, 15) is 17.2 Å². The minimum Gasteiger partial charge on any atom is -0.396 e. The standard InChI is InChI=1S/C13H11BrF2N2O2S/c1-7-4-8(2-3-9(7)14)18-21(19,20)13-6-12(17)10(15)5-11(13)16/h2-6,18H,17H2,1H3. The van der Waals surface area contributed by atoms with Gasteiger partial charge in [-0.15, -0.1) is 0 Å². The van der Waals surface area contributed by atoms with Gasteiger partial charge in [-0.25, -0.2) is 17.2 Å². The van der Waals surface area contributed by atoms with Crippen molar-refractivity contribution in [3.05, 3.63) is 52.0 Å². The first kappa shape index (κ1) is 15.7. The molecule has 21 heavy (non-hydrogen) atoms. The fourth-order valence-electron chi connectivity index (χ4n) is 1.67. The van der Waals surface area contributed by atoms with Crippen LogP contribution in [0.4, 0.5) is 20.2 Å². The van der Waals surface area contributed by atoms with E-state index in [1.165, 1.54) is 6.07 Å². The molecule has 0 fully saturated rings. The van der Waals surface area contributed by atoms with Crippen molar-refractivity contribution >= 4 is 37.3 Å². The van der Waals surface area contributed by atoms with Gasteiger partial charge < -0.3 is 5.73 Å². The minimum atomic E-state index is -4.20. The van der Waals surface area contributed by atoms with Crippen LogP contribution in [0.5, 0.6) is 0 Å². The zero-order valence-electron chi connectivity index (χ0n) is 10.8. The van der Waals surface area contributed by atoms with Crippen LogP contribution in [0, 0.1) is 18.6 Å². The Labute approximate surface area is 129 Å². The summed E-state index contributed by atoms with van der Waals surface area (Å²) < 4.78 is 54.1. The quantitative estimate of drug-likeness (QED) is 0.806. The van der Waals surface area contributed by atoms with Gasteiger partial charge in [0.15, 0.2) is 0 Å². The molecular formula is C13H11BrF2N2O2S. The van der Waals surface area contributed by atoms with Crippen molar-refractivity contribution in [2.24, 2.45) is 0 Å². The number of hydrogen-bond acceptors (Lipinski definition) is 3. The number of nitrogens with one attached hydrogen (secondary N) is 1. The Kier molecular flexibility index (Phi) is 4.20. The molecule has 0 spiro atoms. The summed E-state index contributed by atoms with van der Waals surface area (Å²) in [4.78, 5) is -0.707. The molecule has 3 N–H and O–H groups in total. The number of aryl methyl sites for hydroxylation is 1. The van der Waals surface area contributed by atoms with Gasteiger partial charge in [-0.05, 0) is 36.8 Å². The summed E-state index contributed by atoms with van der Waals surface area (Å²) in [6.07, 6.45) is 0. The van der Waals surface area contributed by atoms with Crippen LogP contribution in [0.2, 0.25) is 0 Å². The summed E-state index contributed by atoms with van der Waals surface area (Å²) >= 11 is 3.29. The Bertz CT molecular complexity index is 810. The van der Waals surface area contributed by atoms with E-state index in [2.05, 4.69) is 20.7 Å². The van der Waals surface area contributed by atoms with Crippen LogP contribution in [-0.2, 0) is 10.0 Å². The van der Waals surface area contributed by atoms with Gasteiger partial charge in [-0.2, -0.15) is 0 Å². The number of sulfonamides is 1. The molecular weight excluding hydrogens is 366 g/mol. The summed E-state index contributed by atoms with van der Waals surface area (Å²) in [6.45, 7) is 1.78. The Hall–Kier alpha value is -1.67. The maximum Gasteiger partial charge on any atom is 0.264 e. The van der Waals surface area contributed by atoms with Gasteiger partial charge in [0.25, 0.3) is 10.0 Å². The normalized spacial score (nSPS) is 11.4. The molecule has 0 saturated carbocycles. The lowest BCUT2D eigenvalue weighted by molar-refractivity contribution is 0.553. The van der Waals surface area contributed by atoms with Gasteiger partial charge in [0.05, 0.1) is 5.69 Å². The van der Waals surface area contributed by atoms with E-state index in [-0.39, 0.29) is 5.69 Å². The molecule has 0 amide bonds. The van der Waals surface area contributed by atoms with E-state index in [1.54, 1.807) is 19.1 Å². The number of halogens is 3. The van der Waals surface area contributed by atoms with E-state index in [0.29, 0.717) is 6.07 Å². The largest absolute Gasteiger partial charge is 0.396 e. The number of rotatable bonds is 3. The molecule has 0 unspecified atom stereocenters. The van der Waals surface area contributed by atoms with Gasteiger partial charge in [-0.1, -0.05) is 15.9 Å². The Morgan fingerprint density at radius 3 is 2.43 bits per heavy atom. The third-order valence-corrected chi connectivity index (χ3v) is 5.04. The molecule has 0 radical (unpaired) electrons. The van der Waals surface area contributed by atoms with Crippen LogP contribution in [0.1, 0.15) is 5.56 Å². The second-order valence-electron chi connectivity index (χ2n) is 4.37. The Morgan fingerprint density at radius 1 is 1.14 bits per heavy atom. The van der Waals surface area contributed by atoms with E-state index < -0.39 is 32.2 Å². The predicted octanol–water partition coefficient (Wildman–Crippen LogP) is 3.42. The van der Waals surface area contributed by atoms with Crippen LogP contribution in [-0.4, -0.2) is 8.42 Å². The smallest absolute Gasteiger partial charge is 0.264 e. The number of hydrogen-bond donors (Lipinski definition) is 2. The fraction of sp³-hybridized carbons (Fsp3) is 0.0769. The first-order valence-electron chi connectivity index (χ1n) is 5.74. The van der Waals surface area contributed by atoms with Gasteiger partial charge >= 0.3 is 0 Å². The molecule has 0 aliphatic rings. The van der Waals surface area contributed by atoms with E-state index >= 15 is 0 Å². The lowest BCUT2D eigenvalue weighted by Gasteiger charge is -2.11. The zero-order chi connectivity index (χ0) is 15.8. The molecule has 4 nitrogen and oxygen atoms in total. The lowest BCUT2D eigenvalue weighted by atomic mass is 10.2. The number of nitrogens with two attached hydrogens (primary N) is 1. The Morgan fingerprint density at radius 2 is 1.81 bits per heavy atom. The van der Waals surface area contributed by atoms with Crippen LogP contribution in [0.25, 0.3) is 0 Å². The average molecular weight is 377 g/mol. The SMILES string of the molecule is Cc1cc(NS(=O)(=O)c2cc(N)c(F)cc2F)ccc1Br. The molecule has 2 aromatic rings. The highest BCUT2D eigenvalue weighted by molar-refractivity contribution is 9.10. The summed E-state index contributed by atoms with van der Waals surface area (Å²) in [7, 11) is -4.20. The van der Waals surface area contributed by atoms with Crippen LogP contribution in [0.15, 0.2) is 39.7 Å². The third-order valence-electron chi connectivity index (χ3n) is 2.75. The van der Waals surface area contributed by atoms with Gasteiger partial charge in [0.1, 0.15) is 16.5 Å². The fourth-order valence-corrected chi connectivity index (χ4v) is 3.06. The number of nitrogen functional groups attached to an aromatic ring is 1. The molecule has 8 heteroatoms. The van der Waals surface area contributed by atoms with Gasteiger partial charge in [-0.3, -0.25) is 4.72 Å². The summed E-state index contributed by atoms with van der Waals surface area (Å²) in [6, 6.07) is 5.93. The van der Waals surface area contributed by atoms with Crippen molar-refractivity contribution in [3.8, 4) is 0 Å². The molecule has 2 aromatic carbocycles. The first-order valence-corrected chi connectivity index (χ1v) is 8.02. The van der Waals surface area contributed by atoms with Crippen molar-refractivity contribution in [1.29, 1.82) is 0 Å². The number of anilines is 2. The van der Waals surface area contributed by atoms with Crippen molar-refractivity contribution in [1.82, 2.24) is 0 Å². The second-order valence-corrected chi connectivity index (χ2v) is 6.88. The molecule has 0 atom stereocenters. The predicted molar refractivity (Wildman–Crippen MR) is 80.5 cm³/mol. The molecule has 0 heterocycles. The first-order chi connectivity index (χ1) is 9.70. The molecule has 0 bridgehead atoms. The number of benzene rings is 2. The summed E-state index contributed by atoms with van der Waals surface area (Å²) in [5.41, 5.74) is 5.90. The Balaban J connectivity index is 2.43. The minimum absolute atomic E-state index is 0.262. The maximum absolute atomic E-state index is 13.6. The van der Waals surface area contributed by atoms with Crippen molar-refractivity contribution in [2.75, 3.05) is 10.5 Å². The summed E-state index contributed by atoms with van der Waals surface area (Å²) in [5, 5.41) is 0. The van der Waals surface area contributed by atoms with Crippen molar-refractivity contribution in [2.45, 2.75) is 11.8 Å². The molecule has 0 aromatic heterocycles. The highest BCUT2D eigenvalue weighted by atomic mass is 79.9. The van der Waals surface area contributed by atoms with Crippen molar-refractivity contribution in [3.63, 3.8) is 0 Å². The average Bonchev–Trinajstić information content (AvgIpc) is 2.37. The van der Waals surface area contributed by atoms with Gasteiger partial charge in [0, 0.05) is 16.2 Å². The molecule has 0 aliphatic heterocycles.